The maximum atomic E-state index is 11.9. The number of H-pyrrole nitrogens is 1. The highest BCUT2D eigenvalue weighted by molar-refractivity contribution is 6.31. The standard InChI is InChI=1S/C16H18ClN3O3/c1-10(21)19-4-6-20(7-5-19)15(16(22)23)13-9-18-14-8-11(17)2-3-12(13)14/h2-3,8-9,15,18H,4-7H2,1H3,(H,22,23)/t15-/m0/s1. The first kappa shape index (κ1) is 15.8. The highest BCUT2D eigenvalue weighted by Crippen LogP contribution is 2.30. The SMILES string of the molecule is CC(=O)N1CCN([C@H](C(=O)O)c2c[nH]c3cc(Cl)ccc23)CC1. The Kier molecular flexibility index (Phi) is 4.28. The second-order valence-electron chi connectivity index (χ2n) is 5.72. The minimum atomic E-state index is -0.892. The molecular weight excluding hydrogens is 318 g/mol. The number of carbonyl (C=O) groups excluding carboxylic acids is 1. The van der Waals surface area contributed by atoms with Gasteiger partial charge in [-0.1, -0.05) is 17.7 Å². The molecule has 1 saturated heterocycles. The smallest absolute Gasteiger partial charge is 0.325 e. The van der Waals surface area contributed by atoms with Gasteiger partial charge in [-0.3, -0.25) is 14.5 Å². The summed E-state index contributed by atoms with van der Waals surface area (Å²) < 4.78 is 0. The van der Waals surface area contributed by atoms with Gasteiger partial charge in [0.2, 0.25) is 5.91 Å². The molecule has 1 atom stereocenters. The summed E-state index contributed by atoms with van der Waals surface area (Å²) in [5.41, 5.74) is 1.54. The van der Waals surface area contributed by atoms with Gasteiger partial charge >= 0.3 is 5.97 Å². The summed E-state index contributed by atoms with van der Waals surface area (Å²) in [5, 5.41) is 11.2. The summed E-state index contributed by atoms with van der Waals surface area (Å²) in [6.07, 6.45) is 1.73. The lowest BCUT2D eigenvalue weighted by molar-refractivity contribution is -0.144. The number of carboxylic acids is 1. The normalized spacial score (nSPS) is 17.4. The van der Waals surface area contributed by atoms with Crippen molar-refractivity contribution in [1.82, 2.24) is 14.8 Å². The zero-order valence-electron chi connectivity index (χ0n) is 12.8. The molecular formula is C16H18ClN3O3. The van der Waals surface area contributed by atoms with E-state index in [2.05, 4.69) is 4.98 Å². The summed E-state index contributed by atoms with van der Waals surface area (Å²) in [7, 11) is 0. The van der Waals surface area contributed by atoms with Crippen LogP contribution in [0.5, 0.6) is 0 Å². The third kappa shape index (κ3) is 3.04. The van der Waals surface area contributed by atoms with Crippen molar-refractivity contribution in [2.75, 3.05) is 26.2 Å². The van der Waals surface area contributed by atoms with Crippen molar-refractivity contribution >= 4 is 34.4 Å². The Hall–Kier alpha value is -2.05. The Balaban J connectivity index is 1.90. The number of halogens is 1. The Morgan fingerprint density at radius 1 is 1.26 bits per heavy atom. The quantitative estimate of drug-likeness (QED) is 0.900. The molecule has 0 bridgehead atoms. The summed E-state index contributed by atoms with van der Waals surface area (Å²) in [6.45, 7) is 3.71. The van der Waals surface area contributed by atoms with Crippen molar-refractivity contribution in [2.45, 2.75) is 13.0 Å². The minimum absolute atomic E-state index is 0.0262. The summed E-state index contributed by atoms with van der Waals surface area (Å²) in [4.78, 5) is 30.0. The second-order valence-corrected chi connectivity index (χ2v) is 6.15. The van der Waals surface area contributed by atoms with Crippen molar-refractivity contribution in [3.8, 4) is 0 Å². The van der Waals surface area contributed by atoms with Crippen LogP contribution in [0.1, 0.15) is 18.5 Å². The zero-order valence-corrected chi connectivity index (χ0v) is 13.5. The molecule has 7 heteroatoms. The average molecular weight is 336 g/mol. The van der Waals surface area contributed by atoms with Gasteiger partial charge in [0.15, 0.2) is 0 Å². The van der Waals surface area contributed by atoms with E-state index >= 15 is 0 Å². The summed E-state index contributed by atoms with van der Waals surface area (Å²) in [5.74, 6) is -0.865. The second kappa shape index (κ2) is 6.22. The molecule has 0 saturated carbocycles. The number of nitrogens with one attached hydrogen (secondary N) is 1. The molecule has 1 fully saturated rings. The number of fused-ring (bicyclic) bond motifs is 1. The molecule has 23 heavy (non-hydrogen) atoms. The first-order valence-electron chi connectivity index (χ1n) is 7.46. The van der Waals surface area contributed by atoms with Gasteiger partial charge < -0.3 is 15.0 Å². The van der Waals surface area contributed by atoms with Gasteiger partial charge in [-0.25, -0.2) is 0 Å². The molecule has 0 aliphatic carbocycles. The number of aromatic nitrogens is 1. The van der Waals surface area contributed by atoms with Crippen molar-refractivity contribution in [3.05, 3.63) is 35.0 Å². The van der Waals surface area contributed by atoms with Gasteiger partial charge in [0.25, 0.3) is 0 Å². The number of piperazine rings is 1. The molecule has 1 aromatic carbocycles. The summed E-state index contributed by atoms with van der Waals surface area (Å²) >= 11 is 5.98. The van der Waals surface area contributed by atoms with E-state index in [-0.39, 0.29) is 5.91 Å². The number of carbonyl (C=O) groups is 2. The first-order chi connectivity index (χ1) is 11.0. The number of nitrogens with zero attached hydrogens (tertiary/aromatic N) is 2. The minimum Gasteiger partial charge on any atom is -0.480 e. The molecule has 1 aromatic heterocycles. The van der Waals surface area contributed by atoms with Crippen molar-refractivity contribution < 1.29 is 14.7 Å². The van der Waals surface area contributed by atoms with Gasteiger partial charge in [0.05, 0.1) is 0 Å². The van der Waals surface area contributed by atoms with Crippen LogP contribution in [0, 0.1) is 0 Å². The van der Waals surface area contributed by atoms with Crippen LogP contribution in [-0.4, -0.2) is 57.9 Å². The Bertz CT molecular complexity index is 750. The third-order valence-corrected chi connectivity index (χ3v) is 4.56. The molecule has 3 rings (SSSR count). The molecule has 122 valence electrons. The Morgan fingerprint density at radius 2 is 1.96 bits per heavy atom. The fraction of sp³-hybridized carbons (Fsp3) is 0.375. The molecule has 1 aliphatic rings. The number of amides is 1. The average Bonchev–Trinajstić information content (AvgIpc) is 2.90. The van der Waals surface area contributed by atoms with Crippen molar-refractivity contribution in [1.29, 1.82) is 0 Å². The Morgan fingerprint density at radius 3 is 2.57 bits per heavy atom. The molecule has 1 aliphatic heterocycles. The van der Waals surface area contributed by atoms with Crippen LogP contribution >= 0.6 is 11.6 Å². The first-order valence-corrected chi connectivity index (χ1v) is 7.84. The van der Waals surface area contributed by atoms with Gasteiger partial charge in [0.1, 0.15) is 6.04 Å². The molecule has 1 amide bonds. The third-order valence-electron chi connectivity index (χ3n) is 4.33. The zero-order chi connectivity index (χ0) is 16.6. The van der Waals surface area contributed by atoms with E-state index in [1.807, 2.05) is 11.0 Å². The molecule has 0 radical (unpaired) electrons. The van der Waals surface area contributed by atoms with Gasteiger partial charge in [-0.15, -0.1) is 0 Å². The fourth-order valence-corrected chi connectivity index (χ4v) is 3.30. The van der Waals surface area contributed by atoms with Crippen LogP contribution in [0.4, 0.5) is 0 Å². The molecule has 2 N–H and O–H groups in total. The molecule has 6 nitrogen and oxygen atoms in total. The van der Waals surface area contributed by atoms with Gasteiger partial charge in [0, 0.05) is 60.8 Å². The van der Waals surface area contributed by atoms with Crippen LogP contribution in [0.15, 0.2) is 24.4 Å². The molecule has 2 aromatic rings. The maximum absolute atomic E-state index is 11.9. The van der Waals surface area contributed by atoms with E-state index in [9.17, 15) is 14.7 Å². The van der Waals surface area contributed by atoms with E-state index < -0.39 is 12.0 Å². The number of benzene rings is 1. The van der Waals surface area contributed by atoms with E-state index in [4.69, 9.17) is 11.6 Å². The molecule has 2 heterocycles. The number of aliphatic carboxylic acids is 1. The van der Waals surface area contributed by atoms with Crippen LogP contribution < -0.4 is 0 Å². The van der Waals surface area contributed by atoms with E-state index in [1.54, 1.807) is 23.2 Å². The van der Waals surface area contributed by atoms with Crippen molar-refractivity contribution in [3.63, 3.8) is 0 Å². The van der Waals surface area contributed by atoms with Crippen molar-refractivity contribution in [2.24, 2.45) is 0 Å². The van der Waals surface area contributed by atoms with Crippen LogP contribution in [-0.2, 0) is 9.59 Å². The summed E-state index contributed by atoms with van der Waals surface area (Å²) in [6, 6.07) is 4.64. The number of rotatable bonds is 3. The van der Waals surface area contributed by atoms with Crippen LogP contribution in [0.3, 0.4) is 0 Å². The topological polar surface area (TPSA) is 76.6 Å². The van der Waals surface area contributed by atoms with Crippen LogP contribution in [0.25, 0.3) is 10.9 Å². The van der Waals surface area contributed by atoms with Gasteiger partial charge in [-0.05, 0) is 12.1 Å². The highest BCUT2D eigenvalue weighted by Gasteiger charge is 2.32. The Labute approximate surface area is 138 Å². The largest absolute Gasteiger partial charge is 0.480 e. The lowest BCUT2D eigenvalue weighted by atomic mass is 10.0. The highest BCUT2D eigenvalue weighted by atomic mass is 35.5. The lowest BCUT2D eigenvalue weighted by Crippen LogP contribution is -2.50. The predicted octanol–water partition coefficient (Wildman–Crippen LogP) is 2.11. The fourth-order valence-electron chi connectivity index (χ4n) is 3.13. The van der Waals surface area contributed by atoms with Crippen LogP contribution in [0.2, 0.25) is 5.02 Å². The number of carboxylic acid groups (broad SMARTS) is 1. The maximum Gasteiger partial charge on any atom is 0.325 e. The van der Waals surface area contributed by atoms with Gasteiger partial charge in [-0.2, -0.15) is 0 Å². The predicted molar refractivity (Wildman–Crippen MR) is 87.5 cm³/mol. The molecule has 0 spiro atoms. The molecule has 0 unspecified atom stereocenters. The number of hydrogen-bond donors (Lipinski definition) is 2. The lowest BCUT2D eigenvalue weighted by Gasteiger charge is -2.37. The van der Waals surface area contributed by atoms with E-state index in [0.717, 1.165) is 16.5 Å². The number of hydrogen-bond acceptors (Lipinski definition) is 3. The van der Waals surface area contributed by atoms with E-state index in [1.165, 1.54) is 6.92 Å². The monoisotopic (exact) mass is 335 g/mol. The van der Waals surface area contributed by atoms with E-state index in [0.29, 0.717) is 31.2 Å². The number of aromatic amines is 1.